The van der Waals surface area contributed by atoms with Crippen LogP contribution in [0.1, 0.15) is 13.8 Å². The molecule has 0 aromatic carbocycles. The van der Waals surface area contributed by atoms with Crippen LogP contribution in [-0.4, -0.2) is 17.9 Å². The average Bonchev–Trinajstić information content (AvgIpc) is 2.17. The molecule has 1 fully saturated rings. The average molecular weight is 156 g/mol. The van der Waals surface area contributed by atoms with Gasteiger partial charge in [0.15, 0.2) is 0 Å². The molecular weight excluding hydrogens is 144 g/mol. The Hall–Kier alpha value is -1.06. The Morgan fingerprint density at radius 1 is 1.55 bits per heavy atom. The number of amides is 2. The van der Waals surface area contributed by atoms with Gasteiger partial charge in [0.05, 0.1) is 0 Å². The molecule has 0 radical (unpaired) electrons. The first-order valence-corrected chi connectivity index (χ1v) is 3.63. The Bertz CT molecular complexity index is 203. The summed E-state index contributed by atoms with van der Waals surface area (Å²) in [5.74, 6) is -0.621. The van der Waals surface area contributed by atoms with E-state index in [9.17, 15) is 9.59 Å². The monoisotopic (exact) mass is 156 g/mol. The lowest BCUT2D eigenvalue weighted by molar-refractivity contribution is -0.124. The van der Waals surface area contributed by atoms with E-state index < -0.39 is 11.9 Å². The number of nitrogens with two attached hydrogens (primary N) is 1. The van der Waals surface area contributed by atoms with Crippen molar-refractivity contribution >= 4 is 11.8 Å². The molecule has 0 saturated carbocycles. The normalized spacial score (nSPS) is 36.9. The van der Waals surface area contributed by atoms with Crippen LogP contribution in [0.5, 0.6) is 0 Å². The van der Waals surface area contributed by atoms with Crippen LogP contribution in [0.25, 0.3) is 0 Å². The highest BCUT2D eigenvalue weighted by atomic mass is 16.2. The van der Waals surface area contributed by atoms with Gasteiger partial charge in [-0.3, -0.25) is 9.59 Å². The van der Waals surface area contributed by atoms with Crippen molar-refractivity contribution in [2.24, 2.45) is 17.6 Å². The molecule has 4 nitrogen and oxygen atoms in total. The number of primary amides is 1. The molecule has 0 aliphatic carbocycles. The summed E-state index contributed by atoms with van der Waals surface area (Å²) < 4.78 is 0. The molecule has 2 amide bonds. The van der Waals surface area contributed by atoms with Crippen molar-refractivity contribution in [3.05, 3.63) is 0 Å². The predicted molar refractivity (Wildman–Crippen MR) is 39.5 cm³/mol. The summed E-state index contributed by atoms with van der Waals surface area (Å²) in [7, 11) is 0. The quantitative estimate of drug-likeness (QED) is 0.524. The van der Waals surface area contributed by atoms with Gasteiger partial charge in [-0.25, -0.2) is 0 Å². The van der Waals surface area contributed by atoms with Crippen molar-refractivity contribution in [1.29, 1.82) is 0 Å². The second kappa shape index (κ2) is 2.53. The van der Waals surface area contributed by atoms with Gasteiger partial charge in [0.2, 0.25) is 11.8 Å². The Morgan fingerprint density at radius 3 is 2.27 bits per heavy atom. The summed E-state index contributed by atoms with van der Waals surface area (Å²) in [5, 5.41) is 2.54. The summed E-state index contributed by atoms with van der Waals surface area (Å²) in [6.45, 7) is 3.64. The Balaban J connectivity index is 2.74. The van der Waals surface area contributed by atoms with Gasteiger partial charge >= 0.3 is 0 Å². The maximum Gasteiger partial charge on any atom is 0.240 e. The van der Waals surface area contributed by atoms with Gasteiger partial charge < -0.3 is 11.1 Å². The Labute approximate surface area is 65.1 Å². The zero-order chi connectivity index (χ0) is 8.59. The van der Waals surface area contributed by atoms with Gasteiger partial charge in [-0.15, -0.1) is 0 Å². The van der Waals surface area contributed by atoms with E-state index in [2.05, 4.69) is 5.32 Å². The number of carbonyl (C=O) groups excluding carboxylic acids is 2. The van der Waals surface area contributed by atoms with Crippen LogP contribution in [0.2, 0.25) is 0 Å². The largest absolute Gasteiger partial charge is 0.368 e. The molecule has 1 heterocycles. The highest BCUT2D eigenvalue weighted by molar-refractivity contribution is 5.91. The first-order valence-electron chi connectivity index (χ1n) is 3.63. The molecule has 1 aliphatic heterocycles. The molecule has 1 saturated heterocycles. The summed E-state index contributed by atoms with van der Waals surface area (Å²) in [6.07, 6.45) is 0. The fourth-order valence-electron chi connectivity index (χ4n) is 1.27. The third-order valence-corrected chi connectivity index (χ3v) is 2.33. The minimum atomic E-state index is -0.475. The summed E-state index contributed by atoms with van der Waals surface area (Å²) in [4.78, 5) is 21.7. The van der Waals surface area contributed by atoms with E-state index >= 15 is 0 Å². The van der Waals surface area contributed by atoms with E-state index in [4.69, 9.17) is 5.73 Å². The lowest BCUT2D eigenvalue weighted by Crippen LogP contribution is -2.40. The SMILES string of the molecule is CC1C(=O)NC(C(N)=O)C1C. The van der Waals surface area contributed by atoms with Gasteiger partial charge in [-0.1, -0.05) is 13.8 Å². The molecule has 0 aromatic rings. The van der Waals surface area contributed by atoms with Crippen molar-refractivity contribution in [2.45, 2.75) is 19.9 Å². The number of rotatable bonds is 1. The van der Waals surface area contributed by atoms with E-state index in [1.165, 1.54) is 0 Å². The first kappa shape index (κ1) is 8.04. The fraction of sp³-hybridized carbons (Fsp3) is 0.714. The highest BCUT2D eigenvalue weighted by Crippen LogP contribution is 2.21. The predicted octanol–water partition coefficient (Wildman–Crippen LogP) is -0.758. The van der Waals surface area contributed by atoms with Crippen LogP contribution in [-0.2, 0) is 9.59 Å². The Kier molecular flexibility index (Phi) is 1.85. The summed E-state index contributed by atoms with van der Waals surface area (Å²) >= 11 is 0. The maximum absolute atomic E-state index is 11.0. The topological polar surface area (TPSA) is 72.2 Å². The van der Waals surface area contributed by atoms with E-state index in [1.807, 2.05) is 6.92 Å². The van der Waals surface area contributed by atoms with Gasteiger partial charge in [0.1, 0.15) is 6.04 Å². The molecule has 62 valence electrons. The van der Waals surface area contributed by atoms with Crippen LogP contribution < -0.4 is 11.1 Å². The van der Waals surface area contributed by atoms with Crippen molar-refractivity contribution in [2.75, 3.05) is 0 Å². The summed E-state index contributed by atoms with van der Waals surface area (Å²) in [6, 6.07) is -0.475. The van der Waals surface area contributed by atoms with Crippen LogP contribution in [0.4, 0.5) is 0 Å². The third-order valence-electron chi connectivity index (χ3n) is 2.33. The van der Waals surface area contributed by atoms with Crippen LogP contribution in [0, 0.1) is 11.8 Å². The Morgan fingerprint density at radius 2 is 2.09 bits per heavy atom. The molecule has 3 unspecified atom stereocenters. The van der Waals surface area contributed by atoms with Crippen molar-refractivity contribution in [3.8, 4) is 0 Å². The van der Waals surface area contributed by atoms with Gasteiger partial charge in [0, 0.05) is 5.92 Å². The molecule has 1 aliphatic rings. The number of hydrogen-bond donors (Lipinski definition) is 2. The van der Waals surface area contributed by atoms with E-state index in [-0.39, 0.29) is 17.7 Å². The van der Waals surface area contributed by atoms with Crippen LogP contribution >= 0.6 is 0 Å². The number of nitrogens with one attached hydrogen (secondary N) is 1. The molecule has 3 N–H and O–H groups in total. The first-order chi connectivity index (χ1) is 5.04. The van der Waals surface area contributed by atoms with E-state index in [0.29, 0.717) is 0 Å². The minimum Gasteiger partial charge on any atom is -0.368 e. The van der Waals surface area contributed by atoms with Crippen molar-refractivity contribution < 1.29 is 9.59 Å². The fourth-order valence-corrected chi connectivity index (χ4v) is 1.27. The summed E-state index contributed by atoms with van der Waals surface area (Å²) in [5.41, 5.74) is 5.06. The van der Waals surface area contributed by atoms with E-state index in [0.717, 1.165) is 0 Å². The molecule has 0 bridgehead atoms. The second-order valence-electron chi connectivity index (χ2n) is 3.04. The minimum absolute atomic E-state index is 0.0139. The lowest BCUT2D eigenvalue weighted by atomic mass is 9.94. The maximum atomic E-state index is 11.0. The molecule has 1 rings (SSSR count). The second-order valence-corrected chi connectivity index (χ2v) is 3.04. The number of hydrogen-bond acceptors (Lipinski definition) is 2. The zero-order valence-corrected chi connectivity index (χ0v) is 6.63. The smallest absolute Gasteiger partial charge is 0.240 e. The molecule has 11 heavy (non-hydrogen) atoms. The van der Waals surface area contributed by atoms with Crippen LogP contribution in [0.3, 0.4) is 0 Å². The van der Waals surface area contributed by atoms with Crippen molar-refractivity contribution in [3.63, 3.8) is 0 Å². The van der Waals surface area contributed by atoms with Gasteiger partial charge in [-0.05, 0) is 5.92 Å². The zero-order valence-electron chi connectivity index (χ0n) is 6.63. The molecule has 4 heteroatoms. The van der Waals surface area contributed by atoms with E-state index in [1.54, 1.807) is 6.92 Å². The highest BCUT2D eigenvalue weighted by Gasteiger charge is 2.38. The molecule has 3 atom stereocenters. The lowest BCUT2D eigenvalue weighted by Gasteiger charge is -2.11. The van der Waals surface area contributed by atoms with Crippen molar-refractivity contribution in [1.82, 2.24) is 5.32 Å². The van der Waals surface area contributed by atoms with Gasteiger partial charge in [0.25, 0.3) is 0 Å². The van der Waals surface area contributed by atoms with Crippen LogP contribution in [0.15, 0.2) is 0 Å². The molecular formula is C7H12N2O2. The molecule has 0 aromatic heterocycles. The standard InChI is InChI=1S/C7H12N2O2/c1-3-4(2)7(11)9-5(3)6(8)10/h3-5H,1-2H3,(H2,8,10)(H,9,11). The number of carbonyl (C=O) groups is 2. The third kappa shape index (κ3) is 1.20. The van der Waals surface area contributed by atoms with Gasteiger partial charge in [-0.2, -0.15) is 0 Å². The molecule has 0 spiro atoms.